The number of halogens is 1. The highest BCUT2D eigenvalue weighted by atomic mass is 127. The Labute approximate surface area is 164 Å². The minimum Gasteiger partial charge on any atom is -0.388 e. The second kappa shape index (κ2) is 10.8. The molecule has 0 aromatic carbocycles. The summed E-state index contributed by atoms with van der Waals surface area (Å²) in [5.74, 6) is 1.66. The summed E-state index contributed by atoms with van der Waals surface area (Å²) in [7, 11) is 0. The number of ether oxygens (including phenoxy) is 1. The quantitative estimate of drug-likeness (QED) is 0.374. The van der Waals surface area contributed by atoms with Crippen molar-refractivity contribution in [1.29, 1.82) is 0 Å². The van der Waals surface area contributed by atoms with E-state index in [0.29, 0.717) is 38.5 Å². The van der Waals surface area contributed by atoms with Gasteiger partial charge in [0.05, 0.1) is 12.1 Å². The zero-order valence-electron chi connectivity index (χ0n) is 15.5. The fourth-order valence-electron chi connectivity index (χ4n) is 3.22. The molecule has 7 heteroatoms. The van der Waals surface area contributed by atoms with Crippen molar-refractivity contribution < 1.29 is 9.84 Å². The summed E-state index contributed by atoms with van der Waals surface area (Å²) in [5, 5.41) is 14.0. The van der Waals surface area contributed by atoms with Crippen molar-refractivity contribution in [2.24, 2.45) is 10.9 Å². The fraction of sp³-hybridized carbons (Fsp3) is 0.941. The minimum atomic E-state index is -0.696. The molecule has 0 atom stereocenters. The number of rotatable bonds is 5. The summed E-state index contributed by atoms with van der Waals surface area (Å²) in [6.07, 6.45) is 1.36. The Morgan fingerprint density at radius 3 is 2.38 bits per heavy atom. The van der Waals surface area contributed by atoms with E-state index in [4.69, 9.17) is 9.73 Å². The fourth-order valence-corrected chi connectivity index (χ4v) is 3.22. The molecule has 0 unspecified atom stereocenters. The molecule has 0 aromatic rings. The molecule has 2 aliphatic heterocycles. The lowest BCUT2D eigenvalue weighted by molar-refractivity contribution is -0.0567. The van der Waals surface area contributed by atoms with Crippen molar-refractivity contribution in [3.05, 3.63) is 0 Å². The Morgan fingerprint density at radius 2 is 1.83 bits per heavy atom. The van der Waals surface area contributed by atoms with Crippen LogP contribution < -0.4 is 5.32 Å². The summed E-state index contributed by atoms with van der Waals surface area (Å²) in [5.41, 5.74) is -0.696. The van der Waals surface area contributed by atoms with Gasteiger partial charge >= 0.3 is 0 Å². The van der Waals surface area contributed by atoms with Crippen LogP contribution in [0.1, 0.15) is 33.6 Å². The predicted octanol–water partition coefficient (Wildman–Crippen LogP) is 1.39. The first-order valence-electron chi connectivity index (χ1n) is 9.08. The molecule has 2 aliphatic rings. The summed E-state index contributed by atoms with van der Waals surface area (Å²) in [6, 6.07) is 0. The molecule has 142 valence electrons. The smallest absolute Gasteiger partial charge is 0.194 e. The number of aliphatic imine (C=N–C) groups is 1. The topological polar surface area (TPSA) is 60.3 Å². The van der Waals surface area contributed by atoms with E-state index in [0.717, 1.165) is 38.7 Å². The second-order valence-corrected chi connectivity index (χ2v) is 7.19. The molecule has 0 aromatic heterocycles. The van der Waals surface area contributed by atoms with Crippen LogP contribution in [0.3, 0.4) is 0 Å². The Morgan fingerprint density at radius 1 is 1.21 bits per heavy atom. The van der Waals surface area contributed by atoms with Crippen molar-refractivity contribution >= 4 is 29.9 Å². The molecule has 2 saturated heterocycles. The zero-order valence-corrected chi connectivity index (χ0v) is 17.8. The van der Waals surface area contributed by atoms with Crippen molar-refractivity contribution in [2.45, 2.75) is 39.2 Å². The summed E-state index contributed by atoms with van der Waals surface area (Å²) in [6.45, 7) is 14.6. The molecule has 0 bridgehead atoms. The largest absolute Gasteiger partial charge is 0.388 e. The molecule has 6 nitrogen and oxygen atoms in total. The first-order chi connectivity index (χ1) is 11.0. The number of nitrogens with zero attached hydrogens (tertiary/aromatic N) is 3. The maximum Gasteiger partial charge on any atom is 0.194 e. The van der Waals surface area contributed by atoms with Crippen LogP contribution in [0, 0.1) is 5.92 Å². The Hall–Kier alpha value is -0.120. The Balaban J connectivity index is 0.00000288. The second-order valence-electron chi connectivity index (χ2n) is 7.19. The van der Waals surface area contributed by atoms with E-state index in [9.17, 15) is 5.11 Å². The van der Waals surface area contributed by atoms with E-state index in [2.05, 4.69) is 35.9 Å². The van der Waals surface area contributed by atoms with Crippen LogP contribution in [0.5, 0.6) is 0 Å². The predicted molar refractivity (Wildman–Crippen MR) is 109 cm³/mol. The summed E-state index contributed by atoms with van der Waals surface area (Å²) < 4.78 is 5.34. The third kappa shape index (κ3) is 7.01. The highest BCUT2D eigenvalue weighted by Crippen LogP contribution is 2.20. The molecular formula is C17H35IN4O2. The highest BCUT2D eigenvalue weighted by Gasteiger charge is 2.30. The zero-order chi connectivity index (χ0) is 16.7. The molecule has 0 aliphatic carbocycles. The van der Waals surface area contributed by atoms with Gasteiger partial charge in [-0.15, -0.1) is 24.0 Å². The van der Waals surface area contributed by atoms with Gasteiger partial charge in [0, 0.05) is 65.3 Å². The molecule has 24 heavy (non-hydrogen) atoms. The highest BCUT2D eigenvalue weighted by molar-refractivity contribution is 14.0. The van der Waals surface area contributed by atoms with E-state index in [1.807, 2.05) is 0 Å². The van der Waals surface area contributed by atoms with Crippen LogP contribution >= 0.6 is 24.0 Å². The maximum atomic E-state index is 10.6. The van der Waals surface area contributed by atoms with Crippen LogP contribution in [0.25, 0.3) is 0 Å². The van der Waals surface area contributed by atoms with E-state index >= 15 is 0 Å². The van der Waals surface area contributed by atoms with Gasteiger partial charge < -0.3 is 20.1 Å². The average Bonchev–Trinajstić information content (AvgIpc) is 2.52. The number of guanidine groups is 1. The lowest BCUT2D eigenvalue weighted by atomic mass is 9.95. The number of nitrogens with one attached hydrogen (secondary N) is 1. The van der Waals surface area contributed by atoms with Crippen LogP contribution in [-0.2, 0) is 4.74 Å². The van der Waals surface area contributed by atoms with Gasteiger partial charge in [0.2, 0.25) is 0 Å². The minimum absolute atomic E-state index is 0. The molecule has 2 heterocycles. The number of aliphatic hydroxyl groups is 1. The third-order valence-electron chi connectivity index (χ3n) is 4.58. The van der Waals surface area contributed by atoms with Gasteiger partial charge in [-0.1, -0.05) is 13.8 Å². The molecule has 0 spiro atoms. The van der Waals surface area contributed by atoms with Crippen molar-refractivity contribution in [1.82, 2.24) is 15.1 Å². The molecule has 2 rings (SSSR count). The number of hydrogen-bond donors (Lipinski definition) is 2. The summed E-state index contributed by atoms with van der Waals surface area (Å²) >= 11 is 0. The van der Waals surface area contributed by atoms with Gasteiger partial charge in [-0.05, 0) is 12.8 Å². The van der Waals surface area contributed by atoms with Gasteiger partial charge in [0.1, 0.15) is 0 Å². The molecule has 0 radical (unpaired) electrons. The van der Waals surface area contributed by atoms with E-state index in [1.165, 1.54) is 6.54 Å². The maximum absolute atomic E-state index is 10.6. The Bertz CT molecular complexity index is 379. The molecule has 2 fully saturated rings. The molecule has 0 saturated carbocycles. The monoisotopic (exact) mass is 454 g/mol. The van der Waals surface area contributed by atoms with Crippen LogP contribution in [0.4, 0.5) is 0 Å². The Kier molecular flexibility index (Phi) is 9.84. The normalized spacial score (nSPS) is 22.4. The summed E-state index contributed by atoms with van der Waals surface area (Å²) in [4.78, 5) is 9.57. The number of piperazine rings is 1. The van der Waals surface area contributed by atoms with E-state index < -0.39 is 5.60 Å². The molecular weight excluding hydrogens is 419 g/mol. The lowest BCUT2D eigenvalue weighted by Crippen LogP contribution is -2.53. The number of hydrogen-bond acceptors (Lipinski definition) is 4. The third-order valence-corrected chi connectivity index (χ3v) is 4.58. The van der Waals surface area contributed by atoms with Crippen molar-refractivity contribution in [3.63, 3.8) is 0 Å². The SMILES string of the molecule is CCNC(=NCC1(O)CCOCC1)N1CCN(CC(C)C)CC1.I. The van der Waals surface area contributed by atoms with Gasteiger partial charge in [-0.2, -0.15) is 0 Å². The van der Waals surface area contributed by atoms with Crippen molar-refractivity contribution in [2.75, 3.05) is 59.0 Å². The van der Waals surface area contributed by atoms with Gasteiger partial charge in [-0.25, -0.2) is 0 Å². The van der Waals surface area contributed by atoms with E-state index in [-0.39, 0.29) is 24.0 Å². The van der Waals surface area contributed by atoms with Crippen LogP contribution in [0.2, 0.25) is 0 Å². The van der Waals surface area contributed by atoms with Gasteiger partial charge in [-0.3, -0.25) is 9.89 Å². The van der Waals surface area contributed by atoms with Crippen LogP contribution in [-0.4, -0.2) is 85.5 Å². The van der Waals surface area contributed by atoms with E-state index in [1.54, 1.807) is 0 Å². The van der Waals surface area contributed by atoms with Crippen molar-refractivity contribution in [3.8, 4) is 0 Å². The van der Waals surface area contributed by atoms with Crippen LogP contribution in [0.15, 0.2) is 4.99 Å². The average molecular weight is 454 g/mol. The molecule has 0 amide bonds. The first-order valence-corrected chi connectivity index (χ1v) is 9.08. The van der Waals surface area contributed by atoms with Gasteiger partial charge in [0.25, 0.3) is 0 Å². The first kappa shape index (κ1) is 21.9. The standard InChI is InChI=1S/C17H34N4O2.HI/c1-4-18-16(19-14-17(22)5-11-23-12-6-17)21-9-7-20(8-10-21)13-15(2)3;/h15,22H,4-14H2,1-3H3,(H,18,19);1H. The molecule has 2 N–H and O–H groups in total. The lowest BCUT2D eigenvalue weighted by Gasteiger charge is -2.38. The van der Waals surface area contributed by atoms with Gasteiger partial charge in [0.15, 0.2) is 5.96 Å².